The molecule has 3 rings (SSSR count). The normalized spacial score (nSPS) is 19.6. The number of benzene rings is 1. The summed E-state index contributed by atoms with van der Waals surface area (Å²) in [6.07, 6.45) is 0. The standard InChI is InChI=1S/C16H18N2O4S/c1-11-10-14(12(2)22-11)23(20,21)18-9-8-17-16(19)15(18)13-6-4-3-5-7-13/h3-7,10,15H,8-9H2,1-2H3,(H,17,19). The van der Waals surface area contributed by atoms with Gasteiger partial charge in [0, 0.05) is 13.1 Å². The van der Waals surface area contributed by atoms with Gasteiger partial charge in [0.1, 0.15) is 22.5 Å². The van der Waals surface area contributed by atoms with E-state index in [-0.39, 0.29) is 23.9 Å². The van der Waals surface area contributed by atoms with Gasteiger partial charge in [-0.3, -0.25) is 4.79 Å². The summed E-state index contributed by atoms with van der Waals surface area (Å²) >= 11 is 0. The monoisotopic (exact) mass is 334 g/mol. The Morgan fingerprint density at radius 1 is 1.22 bits per heavy atom. The highest BCUT2D eigenvalue weighted by Gasteiger charge is 2.40. The van der Waals surface area contributed by atoms with Crippen molar-refractivity contribution in [3.8, 4) is 0 Å². The number of nitrogens with one attached hydrogen (secondary N) is 1. The van der Waals surface area contributed by atoms with Gasteiger partial charge >= 0.3 is 0 Å². The van der Waals surface area contributed by atoms with E-state index < -0.39 is 16.1 Å². The summed E-state index contributed by atoms with van der Waals surface area (Å²) in [6, 6.07) is 9.54. The van der Waals surface area contributed by atoms with Crippen molar-refractivity contribution < 1.29 is 17.6 Å². The van der Waals surface area contributed by atoms with Crippen LogP contribution in [0.2, 0.25) is 0 Å². The van der Waals surface area contributed by atoms with Crippen LogP contribution in [0.3, 0.4) is 0 Å². The van der Waals surface area contributed by atoms with E-state index in [1.54, 1.807) is 38.1 Å². The molecule has 1 aromatic heterocycles. The maximum atomic E-state index is 13.0. The summed E-state index contributed by atoms with van der Waals surface area (Å²) in [4.78, 5) is 12.4. The number of hydrogen-bond donors (Lipinski definition) is 1. The number of amides is 1. The Morgan fingerprint density at radius 3 is 2.52 bits per heavy atom. The molecule has 6 nitrogen and oxygen atoms in total. The van der Waals surface area contributed by atoms with E-state index in [1.807, 2.05) is 6.07 Å². The van der Waals surface area contributed by atoms with E-state index in [1.165, 1.54) is 10.4 Å². The zero-order valence-corrected chi connectivity index (χ0v) is 13.8. The average Bonchev–Trinajstić information content (AvgIpc) is 2.87. The maximum absolute atomic E-state index is 13.0. The van der Waals surface area contributed by atoms with E-state index in [0.29, 0.717) is 17.1 Å². The Balaban J connectivity index is 2.08. The lowest BCUT2D eigenvalue weighted by atomic mass is 10.1. The largest absolute Gasteiger partial charge is 0.465 e. The van der Waals surface area contributed by atoms with Gasteiger partial charge in [-0.05, 0) is 25.5 Å². The zero-order valence-electron chi connectivity index (χ0n) is 12.9. The fourth-order valence-electron chi connectivity index (χ4n) is 2.85. The molecular weight excluding hydrogens is 316 g/mol. The fraction of sp³-hybridized carbons (Fsp3) is 0.312. The fourth-order valence-corrected chi connectivity index (χ4v) is 4.65. The summed E-state index contributed by atoms with van der Waals surface area (Å²) < 4.78 is 32.7. The third kappa shape index (κ3) is 2.77. The molecule has 2 aromatic rings. The minimum atomic E-state index is -3.82. The van der Waals surface area contributed by atoms with Crippen LogP contribution in [0.4, 0.5) is 0 Å². The molecule has 1 amide bonds. The lowest BCUT2D eigenvalue weighted by molar-refractivity contribution is -0.126. The van der Waals surface area contributed by atoms with Gasteiger partial charge in [0.15, 0.2) is 0 Å². The highest BCUT2D eigenvalue weighted by atomic mass is 32.2. The predicted molar refractivity (Wildman–Crippen MR) is 84.3 cm³/mol. The molecule has 2 heterocycles. The molecule has 0 aliphatic carbocycles. The van der Waals surface area contributed by atoms with Crippen LogP contribution in [-0.4, -0.2) is 31.7 Å². The lowest BCUT2D eigenvalue weighted by Crippen LogP contribution is -2.52. The molecule has 0 saturated carbocycles. The van der Waals surface area contributed by atoms with Gasteiger partial charge in [-0.15, -0.1) is 0 Å². The van der Waals surface area contributed by atoms with Crippen LogP contribution in [0.15, 0.2) is 45.7 Å². The summed E-state index contributed by atoms with van der Waals surface area (Å²) in [6.45, 7) is 3.82. The second kappa shape index (κ2) is 5.82. The Labute approximate surface area is 135 Å². The third-order valence-corrected chi connectivity index (χ3v) is 5.84. The van der Waals surface area contributed by atoms with Crippen molar-refractivity contribution in [3.05, 3.63) is 53.5 Å². The molecule has 1 fully saturated rings. The van der Waals surface area contributed by atoms with Crippen LogP contribution in [0, 0.1) is 13.8 Å². The number of nitrogens with zero attached hydrogens (tertiary/aromatic N) is 1. The van der Waals surface area contributed by atoms with Crippen molar-refractivity contribution in [2.75, 3.05) is 13.1 Å². The molecule has 0 spiro atoms. The first-order valence-corrected chi connectivity index (χ1v) is 8.77. The van der Waals surface area contributed by atoms with Crippen LogP contribution in [0.1, 0.15) is 23.1 Å². The highest BCUT2D eigenvalue weighted by molar-refractivity contribution is 7.89. The van der Waals surface area contributed by atoms with Gasteiger partial charge in [0.05, 0.1) is 0 Å². The van der Waals surface area contributed by atoms with E-state index in [4.69, 9.17) is 4.42 Å². The molecule has 1 aromatic carbocycles. The van der Waals surface area contributed by atoms with Crippen molar-refractivity contribution in [1.29, 1.82) is 0 Å². The lowest BCUT2D eigenvalue weighted by Gasteiger charge is -2.34. The second-order valence-electron chi connectivity index (χ2n) is 5.50. The Hall–Kier alpha value is -2.12. The molecule has 1 aliphatic rings. The quantitative estimate of drug-likeness (QED) is 0.927. The molecule has 1 unspecified atom stereocenters. The first-order valence-electron chi connectivity index (χ1n) is 7.33. The molecule has 0 radical (unpaired) electrons. The first-order chi connectivity index (χ1) is 10.9. The van der Waals surface area contributed by atoms with Gasteiger partial charge in [-0.25, -0.2) is 8.42 Å². The van der Waals surface area contributed by atoms with Crippen molar-refractivity contribution in [3.63, 3.8) is 0 Å². The highest BCUT2D eigenvalue weighted by Crippen LogP contribution is 2.31. The number of rotatable bonds is 3. The van der Waals surface area contributed by atoms with Gasteiger partial charge < -0.3 is 9.73 Å². The van der Waals surface area contributed by atoms with E-state index in [9.17, 15) is 13.2 Å². The van der Waals surface area contributed by atoms with Crippen molar-refractivity contribution in [2.24, 2.45) is 0 Å². The first kappa shape index (κ1) is 15.8. The Kier molecular flexibility index (Phi) is 3.99. The molecular formula is C16H18N2O4S. The van der Waals surface area contributed by atoms with E-state index in [0.717, 1.165) is 0 Å². The molecule has 122 valence electrons. The Bertz CT molecular complexity index is 827. The summed E-state index contributed by atoms with van der Waals surface area (Å²) in [5.74, 6) is 0.544. The van der Waals surface area contributed by atoms with E-state index in [2.05, 4.69) is 5.32 Å². The van der Waals surface area contributed by atoms with Gasteiger partial charge in [0.25, 0.3) is 0 Å². The smallest absolute Gasteiger partial charge is 0.247 e. The van der Waals surface area contributed by atoms with Gasteiger partial charge in [0.2, 0.25) is 15.9 Å². The summed E-state index contributed by atoms with van der Waals surface area (Å²) in [5.41, 5.74) is 0.645. The van der Waals surface area contributed by atoms with Crippen LogP contribution >= 0.6 is 0 Å². The molecule has 0 bridgehead atoms. The molecule has 23 heavy (non-hydrogen) atoms. The number of sulfonamides is 1. The molecule has 1 atom stereocenters. The van der Waals surface area contributed by atoms with E-state index >= 15 is 0 Å². The van der Waals surface area contributed by atoms with Gasteiger partial charge in [-0.2, -0.15) is 4.31 Å². The van der Waals surface area contributed by atoms with Crippen LogP contribution in [0.5, 0.6) is 0 Å². The number of furan rings is 1. The number of carbonyl (C=O) groups excluding carboxylic acids is 1. The molecule has 1 aliphatic heterocycles. The number of hydrogen-bond acceptors (Lipinski definition) is 4. The summed E-state index contributed by atoms with van der Waals surface area (Å²) in [7, 11) is -3.82. The van der Waals surface area contributed by atoms with Gasteiger partial charge in [-0.1, -0.05) is 30.3 Å². The summed E-state index contributed by atoms with van der Waals surface area (Å²) in [5, 5.41) is 2.74. The molecule has 1 N–H and O–H groups in total. The number of aryl methyl sites for hydroxylation is 2. The molecule has 1 saturated heterocycles. The minimum Gasteiger partial charge on any atom is -0.465 e. The average molecular weight is 334 g/mol. The molecule has 7 heteroatoms. The van der Waals surface area contributed by atoms with Crippen molar-refractivity contribution in [2.45, 2.75) is 24.8 Å². The van der Waals surface area contributed by atoms with Crippen LogP contribution in [0.25, 0.3) is 0 Å². The van der Waals surface area contributed by atoms with Crippen LogP contribution in [-0.2, 0) is 14.8 Å². The third-order valence-electron chi connectivity index (χ3n) is 3.87. The maximum Gasteiger partial charge on any atom is 0.247 e. The SMILES string of the molecule is Cc1cc(S(=O)(=O)N2CCNC(=O)C2c2ccccc2)c(C)o1. The number of piperazine rings is 1. The Morgan fingerprint density at radius 2 is 1.91 bits per heavy atom. The van der Waals surface area contributed by atoms with Crippen LogP contribution < -0.4 is 5.32 Å². The minimum absolute atomic E-state index is 0.116. The zero-order chi connectivity index (χ0) is 16.6. The van der Waals surface area contributed by atoms with Crippen molar-refractivity contribution >= 4 is 15.9 Å². The predicted octanol–water partition coefficient (Wildman–Crippen LogP) is 1.76. The topological polar surface area (TPSA) is 79.6 Å². The number of carbonyl (C=O) groups is 1. The van der Waals surface area contributed by atoms with Crippen molar-refractivity contribution in [1.82, 2.24) is 9.62 Å². The second-order valence-corrected chi connectivity index (χ2v) is 7.36.